The van der Waals surface area contributed by atoms with Crippen molar-refractivity contribution in [3.63, 3.8) is 0 Å². The van der Waals surface area contributed by atoms with E-state index in [9.17, 15) is 0 Å². The molecule has 2 nitrogen and oxygen atoms in total. The smallest absolute Gasteiger partial charge is 0.0297 e. The van der Waals surface area contributed by atoms with Gasteiger partial charge >= 0.3 is 0 Å². The third-order valence-corrected chi connectivity index (χ3v) is 4.00. The molecule has 2 heteroatoms. The van der Waals surface area contributed by atoms with Gasteiger partial charge in [0.1, 0.15) is 0 Å². The van der Waals surface area contributed by atoms with E-state index in [1.807, 2.05) is 0 Å². The van der Waals surface area contributed by atoms with Crippen LogP contribution in [0, 0.1) is 0 Å². The van der Waals surface area contributed by atoms with Gasteiger partial charge in [-0.2, -0.15) is 0 Å². The first-order valence-electron chi connectivity index (χ1n) is 7.66. The number of hydrogen-bond acceptors (Lipinski definition) is 1. The van der Waals surface area contributed by atoms with E-state index in [2.05, 4.69) is 83.8 Å². The summed E-state index contributed by atoms with van der Waals surface area (Å²) in [6.45, 7) is 4.35. The Morgan fingerprint density at radius 3 is 2.62 bits per heavy atom. The lowest BCUT2D eigenvalue weighted by atomic mass is 10.0. The van der Waals surface area contributed by atoms with Crippen molar-refractivity contribution in [3.8, 4) is 11.1 Å². The molecule has 1 N–H and O–H groups in total. The molecule has 0 spiro atoms. The molecule has 1 unspecified atom stereocenters. The van der Waals surface area contributed by atoms with Crippen LogP contribution in [0.25, 0.3) is 11.1 Å². The molecule has 3 rings (SSSR count). The Bertz CT molecular complexity index is 642. The van der Waals surface area contributed by atoms with Crippen LogP contribution in [0.15, 0.2) is 67.0 Å². The van der Waals surface area contributed by atoms with E-state index >= 15 is 0 Å². The first-order valence-corrected chi connectivity index (χ1v) is 7.66. The number of hydrogen-bond donors (Lipinski definition) is 1. The second-order valence-corrected chi connectivity index (χ2v) is 5.52. The first-order chi connectivity index (χ1) is 10.3. The summed E-state index contributed by atoms with van der Waals surface area (Å²) in [6, 6.07) is 19.7. The number of rotatable bonds is 6. The topological polar surface area (TPSA) is 17.0 Å². The maximum Gasteiger partial charge on any atom is 0.0297 e. The third kappa shape index (κ3) is 3.34. The van der Waals surface area contributed by atoms with E-state index in [1.165, 1.54) is 16.7 Å². The molecule has 0 radical (unpaired) electrons. The van der Waals surface area contributed by atoms with Gasteiger partial charge in [-0.1, -0.05) is 42.5 Å². The van der Waals surface area contributed by atoms with Crippen molar-refractivity contribution in [2.75, 3.05) is 6.54 Å². The zero-order valence-electron chi connectivity index (χ0n) is 12.5. The second-order valence-electron chi connectivity index (χ2n) is 5.52. The van der Waals surface area contributed by atoms with Gasteiger partial charge in [0.2, 0.25) is 0 Å². The lowest BCUT2D eigenvalue weighted by Crippen LogP contribution is -2.20. The summed E-state index contributed by atoms with van der Waals surface area (Å²) >= 11 is 0. The van der Waals surface area contributed by atoms with Crippen LogP contribution < -0.4 is 5.32 Å². The van der Waals surface area contributed by atoms with E-state index in [0.717, 1.165) is 19.5 Å². The molecule has 0 fully saturated rings. The highest BCUT2D eigenvalue weighted by Gasteiger charge is 2.13. The van der Waals surface area contributed by atoms with Crippen LogP contribution in [0.4, 0.5) is 0 Å². The fourth-order valence-electron chi connectivity index (χ4n) is 2.83. The van der Waals surface area contributed by atoms with Crippen molar-refractivity contribution >= 4 is 0 Å². The molecule has 1 heterocycles. The van der Waals surface area contributed by atoms with Crippen molar-refractivity contribution in [2.24, 2.45) is 0 Å². The Morgan fingerprint density at radius 1 is 0.952 bits per heavy atom. The molecular formula is C19H22N2. The lowest BCUT2D eigenvalue weighted by molar-refractivity contribution is 0.529. The Balaban J connectivity index is 1.56. The molecule has 0 aliphatic heterocycles. The average Bonchev–Trinajstić information content (AvgIpc) is 3.09. The van der Waals surface area contributed by atoms with Crippen LogP contribution >= 0.6 is 0 Å². The Morgan fingerprint density at radius 2 is 1.76 bits per heavy atom. The average molecular weight is 278 g/mol. The molecule has 1 aromatic heterocycles. The predicted molar refractivity (Wildman–Crippen MR) is 88.5 cm³/mol. The van der Waals surface area contributed by atoms with E-state index in [4.69, 9.17) is 0 Å². The summed E-state index contributed by atoms with van der Waals surface area (Å²) < 4.78 is 2.23. The van der Waals surface area contributed by atoms with Gasteiger partial charge in [0.15, 0.2) is 0 Å². The summed E-state index contributed by atoms with van der Waals surface area (Å²) in [5.74, 6) is 0. The van der Waals surface area contributed by atoms with Crippen LogP contribution in [0.3, 0.4) is 0 Å². The molecule has 1 aromatic rings. The molecule has 21 heavy (non-hydrogen) atoms. The fourth-order valence-corrected chi connectivity index (χ4v) is 2.83. The van der Waals surface area contributed by atoms with Crippen molar-refractivity contribution in [2.45, 2.75) is 25.9 Å². The van der Waals surface area contributed by atoms with E-state index in [0.29, 0.717) is 6.04 Å². The van der Waals surface area contributed by atoms with Gasteiger partial charge in [0.05, 0.1) is 0 Å². The molecule has 0 aromatic carbocycles. The molecule has 0 saturated heterocycles. The Kier molecular flexibility index (Phi) is 4.37. The second kappa shape index (κ2) is 6.59. The van der Waals surface area contributed by atoms with Gasteiger partial charge in [0, 0.05) is 25.0 Å². The molecule has 0 bridgehead atoms. The van der Waals surface area contributed by atoms with Crippen molar-refractivity contribution < 1.29 is 0 Å². The quantitative estimate of drug-likeness (QED) is 0.664. The summed E-state index contributed by atoms with van der Waals surface area (Å²) in [5.41, 5.74) is 4.06. The van der Waals surface area contributed by atoms with Gasteiger partial charge in [-0.25, -0.2) is 0 Å². The normalized spacial score (nSPS) is 12.6. The molecular weight excluding hydrogens is 256 g/mol. The number of aromatic nitrogens is 1. The van der Waals surface area contributed by atoms with E-state index in [-0.39, 0.29) is 0 Å². The number of nitrogens with one attached hydrogen (secondary N) is 1. The zero-order chi connectivity index (χ0) is 14.5. The summed E-state index contributed by atoms with van der Waals surface area (Å²) in [7, 11) is 0. The van der Waals surface area contributed by atoms with Crippen LogP contribution in [0.2, 0.25) is 0 Å². The van der Waals surface area contributed by atoms with Crippen LogP contribution in [-0.4, -0.2) is 11.1 Å². The predicted octanol–water partition coefficient (Wildman–Crippen LogP) is 4.33. The summed E-state index contributed by atoms with van der Waals surface area (Å²) in [6.07, 6.45) is 5.38. The van der Waals surface area contributed by atoms with Crippen LogP contribution in [0.5, 0.6) is 0 Å². The third-order valence-electron chi connectivity index (χ3n) is 4.00. The summed E-state index contributed by atoms with van der Waals surface area (Å²) in [4.78, 5) is 0. The number of fused-ring (bicyclic) bond motifs is 1. The Labute approximate surface area is 126 Å². The lowest BCUT2D eigenvalue weighted by Gasteiger charge is -2.15. The van der Waals surface area contributed by atoms with Crippen LogP contribution in [0.1, 0.15) is 24.9 Å². The zero-order valence-corrected chi connectivity index (χ0v) is 12.5. The minimum absolute atomic E-state index is 0.384. The van der Waals surface area contributed by atoms with Gasteiger partial charge in [0.25, 0.3) is 0 Å². The highest BCUT2D eigenvalue weighted by atomic mass is 14.9. The minimum Gasteiger partial charge on any atom is -0.354 e. The molecule has 0 amide bonds. The van der Waals surface area contributed by atoms with Gasteiger partial charge in [-0.15, -0.1) is 0 Å². The number of nitrogens with zero attached hydrogens (tertiary/aromatic N) is 1. The minimum atomic E-state index is 0.384. The van der Waals surface area contributed by atoms with Gasteiger partial charge in [-0.3, -0.25) is 0 Å². The van der Waals surface area contributed by atoms with E-state index in [1.54, 1.807) is 0 Å². The highest BCUT2D eigenvalue weighted by Crippen LogP contribution is 2.30. The van der Waals surface area contributed by atoms with Crippen molar-refractivity contribution in [3.05, 3.63) is 72.6 Å². The summed E-state index contributed by atoms with van der Waals surface area (Å²) in [5, 5.41) is 3.64. The Hall–Kier alpha value is -2.06. The molecule has 2 aliphatic carbocycles. The van der Waals surface area contributed by atoms with Crippen LogP contribution in [-0.2, 0) is 6.54 Å². The largest absolute Gasteiger partial charge is 0.354 e. The molecule has 2 aliphatic rings. The molecule has 1 atom stereocenters. The maximum atomic E-state index is 3.64. The molecule has 0 saturated carbocycles. The fraction of sp³-hybridized carbons (Fsp3) is 0.263. The standard InChI is InChI=1S/C19H22N2/c1-16(20-12-7-15-21-13-5-6-14-21)18-11-10-17-8-3-2-4-9-19(17)18/h2-6,8-11,13-14,16,20H,7,12,15H2,1H3. The SMILES string of the molecule is CC(NCCCn1cccc1)c1ccc2cccccc1-2. The van der Waals surface area contributed by atoms with E-state index < -0.39 is 0 Å². The first kappa shape index (κ1) is 13.9. The number of aryl methyl sites for hydroxylation is 1. The monoisotopic (exact) mass is 278 g/mol. The molecule has 108 valence electrons. The van der Waals surface area contributed by atoms with Gasteiger partial charge < -0.3 is 9.88 Å². The van der Waals surface area contributed by atoms with Crippen molar-refractivity contribution in [1.29, 1.82) is 0 Å². The van der Waals surface area contributed by atoms with Crippen molar-refractivity contribution in [1.82, 2.24) is 9.88 Å². The maximum absolute atomic E-state index is 3.64. The highest BCUT2D eigenvalue weighted by molar-refractivity contribution is 5.70. The van der Waals surface area contributed by atoms with Gasteiger partial charge in [-0.05, 0) is 48.7 Å².